The molecule has 2 N–H and O–H groups in total. The molecule has 38 heavy (non-hydrogen) atoms. The molecule has 2 aromatic heterocycles. The molecule has 0 aliphatic rings. The van der Waals surface area contributed by atoms with Gasteiger partial charge in [-0.05, 0) is 38.1 Å². The number of aromatic amines is 2. The average Bonchev–Trinajstić information content (AvgIpc) is 3.50. The Morgan fingerprint density at radius 3 is 1.37 bits per heavy atom. The zero-order chi connectivity index (χ0) is 27.8. The summed E-state index contributed by atoms with van der Waals surface area (Å²) < 4.78 is 18.5. The number of aromatic nitrogens is 4. The number of benzene rings is 2. The van der Waals surface area contributed by atoms with Crippen LogP contribution in [0.4, 0.5) is 0 Å². The molecule has 4 rings (SSSR count). The molecule has 0 atom stereocenters. The molecule has 4 aromatic rings. The van der Waals surface area contributed by atoms with Crippen LogP contribution in [0.3, 0.4) is 0 Å². The predicted molar refractivity (Wildman–Crippen MR) is 155 cm³/mol. The minimum atomic E-state index is -1.58. The molecule has 0 spiro atoms. The van der Waals surface area contributed by atoms with Crippen molar-refractivity contribution >= 4 is 91.7 Å². The Bertz CT molecular complexity index is 1200. The van der Waals surface area contributed by atoms with Crippen LogP contribution in [0.1, 0.15) is 25.5 Å². The Kier molecular flexibility index (Phi) is 11.8. The Balaban J connectivity index is 0.000000211. The topological polar surface area (TPSA) is 94.3 Å². The molecule has 0 fully saturated rings. The van der Waals surface area contributed by atoms with Gasteiger partial charge in [0, 0.05) is 13.2 Å². The quantitative estimate of drug-likeness (QED) is 0.136. The van der Waals surface area contributed by atoms with Crippen LogP contribution in [0.2, 0.25) is 0 Å². The number of halogens is 6. The number of fused-ring (bicyclic) bond motifs is 2. The van der Waals surface area contributed by atoms with E-state index < -0.39 is 7.59 Å². The highest BCUT2D eigenvalue weighted by Gasteiger charge is 2.28. The summed E-state index contributed by atoms with van der Waals surface area (Å²) in [7, 11) is 0. The molecule has 14 heteroatoms. The molecule has 8 nitrogen and oxygen atoms in total. The predicted octanol–water partition coefficient (Wildman–Crippen LogP) is 7.61. The van der Waals surface area contributed by atoms with Crippen LogP contribution < -0.4 is 9.47 Å². The number of nitrogens with zero attached hydrogens (tertiary/aromatic N) is 2. The fourth-order valence-corrected chi connectivity index (χ4v) is 3.76. The summed E-state index contributed by atoms with van der Waals surface area (Å²) in [5.41, 5.74) is 2.80. The van der Waals surface area contributed by atoms with E-state index in [1.807, 2.05) is 50.2 Å². The summed E-state index contributed by atoms with van der Waals surface area (Å²) in [4.78, 5) is 14.4. The lowest BCUT2D eigenvalue weighted by atomic mass is 10.3. The fourth-order valence-electron chi connectivity index (χ4n) is 3.22. The molecular formula is C24H26Cl6N4O4. The smallest absolute Gasteiger partial charge is 0.248 e. The minimum absolute atomic E-state index is 0.272. The van der Waals surface area contributed by atoms with Gasteiger partial charge < -0.3 is 28.9 Å². The molecule has 0 saturated heterocycles. The molecule has 0 aliphatic heterocycles. The van der Waals surface area contributed by atoms with Crippen molar-refractivity contribution in [2.75, 3.05) is 39.6 Å². The molecule has 0 radical (unpaired) electrons. The van der Waals surface area contributed by atoms with Crippen molar-refractivity contribution < 1.29 is 18.9 Å². The molecule has 0 unspecified atom stereocenters. The Morgan fingerprint density at radius 2 is 1.03 bits per heavy atom. The summed E-state index contributed by atoms with van der Waals surface area (Å²) in [5, 5.41) is 0. The number of ether oxygens (including phenoxy) is 4. The van der Waals surface area contributed by atoms with Gasteiger partial charge in [0.1, 0.15) is 35.7 Å². The summed E-state index contributed by atoms with van der Waals surface area (Å²) in [6, 6.07) is 11.0. The van der Waals surface area contributed by atoms with E-state index in [1.165, 1.54) is 0 Å². The maximum atomic E-state index is 5.80. The lowest BCUT2D eigenvalue weighted by Gasteiger charge is -2.06. The van der Waals surface area contributed by atoms with Crippen LogP contribution in [0.5, 0.6) is 11.5 Å². The van der Waals surface area contributed by atoms with Crippen molar-refractivity contribution in [3.63, 3.8) is 0 Å². The van der Waals surface area contributed by atoms with E-state index in [0.29, 0.717) is 62.2 Å². The molecule has 0 aliphatic carbocycles. The first-order valence-electron chi connectivity index (χ1n) is 11.6. The van der Waals surface area contributed by atoms with Gasteiger partial charge in [0.2, 0.25) is 7.59 Å². The number of hydrogen-bond acceptors (Lipinski definition) is 6. The SMILES string of the molecule is CCOCCOc1cccc2[nH]c(C(Cl)(Cl)Cl)nc12.CCOCCOc1cccc2[nH]c(C(Cl)(Cl)Cl)nc12. The highest BCUT2D eigenvalue weighted by molar-refractivity contribution is 6.67. The van der Waals surface area contributed by atoms with Crippen LogP contribution in [-0.2, 0) is 17.1 Å². The zero-order valence-electron chi connectivity index (χ0n) is 20.5. The second kappa shape index (κ2) is 14.3. The lowest BCUT2D eigenvalue weighted by Crippen LogP contribution is -2.06. The fraction of sp³-hybridized carbons (Fsp3) is 0.417. The first-order valence-corrected chi connectivity index (χ1v) is 13.8. The lowest BCUT2D eigenvalue weighted by molar-refractivity contribution is 0.110. The van der Waals surface area contributed by atoms with Crippen molar-refractivity contribution in [2.24, 2.45) is 0 Å². The van der Waals surface area contributed by atoms with E-state index in [0.717, 1.165) is 11.0 Å². The molecule has 208 valence electrons. The van der Waals surface area contributed by atoms with Crippen molar-refractivity contribution in [3.8, 4) is 11.5 Å². The zero-order valence-corrected chi connectivity index (χ0v) is 25.0. The van der Waals surface area contributed by atoms with E-state index in [9.17, 15) is 0 Å². The van der Waals surface area contributed by atoms with Crippen molar-refractivity contribution in [3.05, 3.63) is 48.0 Å². The highest BCUT2D eigenvalue weighted by atomic mass is 35.6. The molecule has 0 bridgehead atoms. The van der Waals surface area contributed by atoms with Crippen LogP contribution >= 0.6 is 69.6 Å². The number of H-pyrrole nitrogens is 2. The van der Waals surface area contributed by atoms with Gasteiger partial charge in [0.25, 0.3) is 0 Å². The molecular weight excluding hydrogens is 621 g/mol. The summed E-state index contributed by atoms with van der Waals surface area (Å²) in [6.07, 6.45) is 0. The summed E-state index contributed by atoms with van der Waals surface area (Å²) >= 11 is 34.8. The minimum Gasteiger partial charge on any atom is -0.489 e. The third-order valence-corrected chi connectivity index (χ3v) is 5.94. The molecule has 0 saturated carbocycles. The van der Waals surface area contributed by atoms with Gasteiger partial charge in [-0.15, -0.1) is 0 Å². The number of alkyl halides is 6. The standard InChI is InChI=1S/2C12H13Cl3N2O2/c2*1-2-18-6-7-19-9-5-3-4-8-10(9)17-11(16-8)12(13,14)15/h2*3-5H,2,6-7H2,1H3,(H,16,17). The molecule has 0 amide bonds. The average molecular weight is 647 g/mol. The van der Waals surface area contributed by atoms with E-state index in [-0.39, 0.29) is 11.6 Å². The second-order valence-corrected chi connectivity index (χ2v) is 12.1. The Morgan fingerprint density at radius 1 is 0.632 bits per heavy atom. The van der Waals surface area contributed by atoms with E-state index in [1.54, 1.807) is 0 Å². The first-order chi connectivity index (χ1) is 18.0. The summed E-state index contributed by atoms with van der Waals surface area (Å²) in [6.45, 7) is 7.12. The maximum absolute atomic E-state index is 5.80. The first kappa shape index (κ1) is 31.2. The monoisotopic (exact) mass is 644 g/mol. The maximum Gasteiger partial charge on any atom is 0.248 e. The van der Waals surface area contributed by atoms with E-state index in [4.69, 9.17) is 88.6 Å². The second-order valence-electron chi connectivity index (χ2n) is 7.56. The number of nitrogens with one attached hydrogen (secondary N) is 2. The third-order valence-electron chi connectivity index (χ3n) is 4.87. The van der Waals surface area contributed by atoms with Gasteiger partial charge in [-0.25, -0.2) is 9.97 Å². The summed E-state index contributed by atoms with van der Waals surface area (Å²) in [5.74, 6) is 1.81. The molecule has 2 aromatic carbocycles. The van der Waals surface area contributed by atoms with Crippen molar-refractivity contribution in [1.82, 2.24) is 19.9 Å². The number of rotatable bonds is 10. The van der Waals surface area contributed by atoms with Gasteiger partial charge >= 0.3 is 0 Å². The van der Waals surface area contributed by atoms with Gasteiger partial charge in [0.15, 0.2) is 11.6 Å². The van der Waals surface area contributed by atoms with Crippen molar-refractivity contribution in [1.29, 1.82) is 0 Å². The highest BCUT2D eigenvalue weighted by Crippen LogP contribution is 2.39. The van der Waals surface area contributed by atoms with Gasteiger partial charge in [-0.1, -0.05) is 81.7 Å². The van der Waals surface area contributed by atoms with E-state index in [2.05, 4.69) is 19.9 Å². The number of hydrogen-bond donors (Lipinski definition) is 2. The van der Waals surface area contributed by atoms with Gasteiger partial charge in [0.05, 0.1) is 24.2 Å². The normalized spacial score (nSPS) is 12.0. The largest absolute Gasteiger partial charge is 0.489 e. The Labute approximate surface area is 250 Å². The van der Waals surface area contributed by atoms with Gasteiger partial charge in [-0.2, -0.15) is 0 Å². The number of imidazole rings is 2. The van der Waals surface area contributed by atoms with Crippen LogP contribution in [0.25, 0.3) is 22.1 Å². The van der Waals surface area contributed by atoms with Crippen LogP contribution in [0, 0.1) is 0 Å². The molecule has 2 heterocycles. The third kappa shape index (κ3) is 8.83. The van der Waals surface area contributed by atoms with Crippen molar-refractivity contribution in [2.45, 2.75) is 21.4 Å². The Hall–Kier alpha value is -1.36. The van der Waals surface area contributed by atoms with Gasteiger partial charge in [-0.3, -0.25) is 0 Å². The number of para-hydroxylation sites is 2. The van der Waals surface area contributed by atoms with E-state index >= 15 is 0 Å². The van der Waals surface area contributed by atoms with Crippen LogP contribution in [-0.4, -0.2) is 59.6 Å². The van der Waals surface area contributed by atoms with Crippen LogP contribution in [0.15, 0.2) is 36.4 Å².